The molecular formula is C30H37F2N7O2. The third-order valence-corrected chi connectivity index (χ3v) is 8.36. The highest BCUT2D eigenvalue weighted by molar-refractivity contribution is 5.69. The van der Waals surface area contributed by atoms with Crippen molar-refractivity contribution in [3.8, 4) is 5.75 Å². The van der Waals surface area contributed by atoms with Gasteiger partial charge < -0.3 is 19.9 Å². The molecule has 11 heteroatoms. The van der Waals surface area contributed by atoms with Crippen molar-refractivity contribution in [3.05, 3.63) is 66.0 Å². The molecule has 1 atom stereocenters. The molecule has 1 aromatic heterocycles. The third-order valence-electron chi connectivity index (χ3n) is 8.36. The topological polar surface area (TPSA) is 69.2 Å². The summed E-state index contributed by atoms with van der Waals surface area (Å²) in [5.41, 5.74) is 2.42. The summed E-state index contributed by atoms with van der Waals surface area (Å²) in [7, 11) is 3.90. The maximum absolute atomic E-state index is 13.9. The summed E-state index contributed by atoms with van der Waals surface area (Å²) in [6.07, 6.45) is 4.33. The number of likely N-dealkylation sites (N-methyl/N-ethyl adjacent to an activating group) is 1. The molecule has 0 amide bonds. The number of benzene rings is 2. The van der Waals surface area contributed by atoms with Gasteiger partial charge in [0, 0.05) is 75.6 Å². The quantitative estimate of drug-likeness (QED) is 0.443. The van der Waals surface area contributed by atoms with Crippen molar-refractivity contribution < 1.29 is 18.4 Å². The first-order valence-electron chi connectivity index (χ1n) is 14.3. The molecule has 0 bridgehead atoms. The number of piperazine rings is 1. The molecule has 2 aromatic carbocycles. The number of hydrogen-bond donors (Lipinski definition) is 1. The molecule has 218 valence electrons. The lowest BCUT2D eigenvalue weighted by molar-refractivity contribution is 0.0981. The van der Waals surface area contributed by atoms with Gasteiger partial charge in [0.25, 0.3) is 0 Å². The number of methoxy groups -OCH3 is 1. The minimum Gasteiger partial charge on any atom is -0.495 e. The molecule has 3 aliphatic rings. The van der Waals surface area contributed by atoms with Crippen LogP contribution >= 0.6 is 0 Å². The molecule has 1 unspecified atom stereocenters. The number of nitrogens with one attached hydrogen (secondary N) is 1. The number of halogens is 2. The Hall–Kier alpha value is -3.54. The first-order valence-corrected chi connectivity index (χ1v) is 14.3. The fraction of sp³-hybridized carbons (Fsp3) is 0.467. The SMILES string of the molecule is COc1cc(Nc2cc(N3OCCC3c3cc(F)cc(F)c3)ncn2)ccc1N1CCC(N2CCN(C)CC2)CC1. The van der Waals surface area contributed by atoms with Gasteiger partial charge in [-0.15, -0.1) is 0 Å². The van der Waals surface area contributed by atoms with Crippen molar-refractivity contribution in [1.29, 1.82) is 0 Å². The Balaban J connectivity index is 1.12. The molecule has 4 heterocycles. The lowest BCUT2D eigenvalue weighted by atomic mass is 10.0. The Kier molecular flexibility index (Phi) is 8.18. The molecule has 0 aliphatic carbocycles. The zero-order chi connectivity index (χ0) is 28.3. The van der Waals surface area contributed by atoms with E-state index in [1.807, 2.05) is 12.1 Å². The van der Waals surface area contributed by atoms with Gasteiger partial charge in [-0.05, 0) is 49.7 Å². The standard InChI is InChI=1S/C30H37F2N7O2/c1-36-10-12-37(13-11-36)25-5-8-38(9-6-25)27-4-3-24(18-28(27)40-2)35-29-19-30(34-20-33-29)39-26(7-14-41-39)21-15-22(31)17-23(32)16-21/h3-4,15-20,25-26H,5-14H2,1-2H3,(H,33,34,35). The largest absolute Gasteiger partial charge is 0.495 e. The Morgan fingerprint density at radius 3 is 2.39 bits per heavy atom. The van der Waals surface area contributed by atoms with Crippen LogP contribution in [0.2, 0.25) is 0 Å². The van der Waals surface area contributed by atoms with Gasteiger partial charge >= 0.3 is 0 Å². The lowest BCUT2D eigenvalue weighted by Gasteiger charge is -2.42. The second kappa shape index (κ2) is 12.1. The Labute approximate surface area is 239 Å². The Morgan fingerprint density at radius 1 is 0.902 bits per heavy atom. The molecule has 9 nitrogen and oxygen atoms in total. The van der Waals surface area contributed by atoms with Gasteiger partial charge in [0.05, 0.1) is 25.4 Å². The summed E-state index contributed by atoms with van der Waals surface area (Å²) in [5.74, 6) is 0.639. The zero-order valence-electron chi connectivity index (χ0n) is 23.6. The monoisotopic (exact) mass is 565 g/mol. The van der Waals surface area contributed by atoms with E-state index in [4.69, 9.17) is 9.57 Å². The summed E-state index contributed by atoms with van der Waals surface area (Å²) in [4.78, 5) is 22.0. The fourth-order valence-corrected chi connectivity index (χ4v) is 6.12. The molecule has 0 spiro atoms. The van der Waals surface area contributed by atoms with E-state index in [0.29, 0.717) is 36.3 Å². The summed E-state index contributed by atoms with van der Waals surface area (Å²) < 4.78 is 33.6. The van der Waals surface area contributed by atoms with Gasteiger partial charge in [0.15, 0.2) is 5.82 Å². The molecular weight excluding hydrogens is 528 g/mol. The summed E-state index contributed by atoms with van der Waals surface area (Å²) >= 11 is 0. The first-order chi connectivity index (χ1) is 20.0. The van der Waals surface area contributed by atoms with Crippen molar-refractivity contribution in [2.75, 3.05) is 75.3 Å². The molecule has 3 fully saturated rings. The van der Waals surface area contributed by atoms with Gasteiger partial charge in [-0.1, -0.05) is 0 Å². The van der Waals surface area contributed by atoms with Crippen LogP contribution in [0.15, 0.2) is 48.8 Å². The second-order valence-corrected chi connectivity index (χ2v) is 11.0. The number of nitrogens with zero attached hydrogens (tertiary/aromatic N) is 6. The first kappa shape index (κ1) is 27.6. The van der Waals surface area contributed by atoms with Crippen LogP contribution in [0.5, 0.6) is 5.75 Å². The number of anilines is 4. The van der Waals surface area contributed by atoms with Crippen LogP contribution in [0, 0.1) is 11.6 Å². The molecule has 3 aliphatic heterocycles. The molecule has 3 aromatic rings. The van der Waals surface area contributed by atoms with Crippen LogP contribution in [0.4, 0.5) is 31.8 Å². The van der Waals surface area contributed by atoms with E-state index >= 15 is 0 Å². The number of ether oxygens (including phenoxy) is 1. The Morgan fingerprint density at radius 2 is 1.66 bits per heavy atom. The summed E-state index contributed by atoms with van der Waals surface area (Å²) in [5, 5.41) is 4.93. The van der Waals surface area contributed by atoms with E-state index in [2.05, 4.69) is 43.1 Å². The van der Waals surface area contributed by atoms with Gasteiger partial charge in [-0.25, -0.2) is 23.8 Å². The molecule has 0 saturated carbocycles. The van der Waals surface area contributed by atoms with E-state index in [1.54, 1.807) is 18.2 Å². The van der Waals surface area contributed by atoms with Gasteiger partial charge in [0.1, 0.15) is 29.5 Å². The lowest BCUT2D eigenvalue weighted by Crippen LogP contribution is -2.52. The van der Waals surface area contributed by atoms with Gasteiger partial charge in [-0.3, -0.25) is 9.74 Å². The normalized spacial score (nSPS) is 20.9. The zero-order valence-corrected chi connectivity index (χ0v) is 23.6. The van der Waals surface area contributed by atoms with Crippen molar-refractivity contribution >= 4 is 23.0 Å². The summed E-state index contributed by atoms with van der Waals surface area (Å²) in [6.45, 7) is 7.03. The third kappa shape index (κ3) is 6.22. The van der Waals surface area contributed by atoms with E-state index in [0.717, 1.165) is 75.3 Å². The fourth-order valence-electron chi connectivity index (χ4n) is 6.12. The second-order valence-electron chi connectivity index (χ2n) is 11.0. The van der Waals surface area contributed by atoms with E-state index < -0.39 is 11.6 Å². The minimum absolute atomic E-state index is 0.359. The predicted octanol–water partition coefficient (Wildman–Crippen LogP) is 4.61. The van der Waals surface area contributed by atoms with Gasteiger partial charge in [-0.2, -0.15) is 0 Å². The number of piperidine rings is 1. The van der Waals surface area contributed by atoms with Crippen LogP contribution < -0.4 is 20.0 Å². The number of aromatic nitrogens is 2. The maximum Gasteiger partial charge on any atom is 0.158 e. The highest BCUT2D eigenvalue weighted by Crippen LogP contribution is 2.37. The Bertz CT molecular complexity index is 1330. The highest BCUT2D eigenvalue weighted by Gasteiger charge is 2.30. The van der Waals surface area contributed by atoms with Crippen LogP contribution in [0.3, 0.4) is 0 Å². The average Bonchev–Trinajstić information content (AvgIpc) is 3.48. The van der Waals surface area contributed by atoms with Crippen molar-refractivity contribution in [2.45, 2.75) is 31.3 Å². The average molecular weight is 566 g/mol. The van der Waals surface area contributed by atoms with E-state index in [1.165, 1.54) is 18.5 Å². The molecule has 41 heavy (non-hydrogen) atoms. The molecule has 0 radical (unpaired) electrons. The van der Waals surface area contributed by atoms with Crippen LogP contribution in [0.25, 0.3) is 0 Å². The number of rotatable bonds is 7. The predicted molar refractivity (Wildman–Crippen MR) is 155 cm³/mol. The maximum atomic E-state index is 13.9. The van der Waals surface area contributed by atoms with Crippen LogP contribution in [-0.2, 0) is 4.84 Å². The van der Waals surface area contributed by atoms with Crippen molar-refractivity contribution in [2.24, 2.45) is 0 Å². The smallest absolute Gasteiger partial charge is 0.158 e. The molecule has 6 rings (SSSR count). The van der Waals surface area contributed by atoms with Crippen molar-refractivity contribution in [1.82, 2.24) is 19.8 Å². The van der Waals surface area contributed by atoms with E-state index in [-0.39, 0.29) is 6.04 Å². The van der Waals surface area contributed by atoms with Crippen LogP contribution in [0.1, 0.15) is 30.9 Å². The minimum atomic E-state index is -0.617. The van der Waals surface area contributed by atoms with E-state index in [9.17, 15) is 8.78 Å². The number of hydrogen-bond acceptors (Lipinski definition) is 9. The van der Waals surface area contributed by atoms with Gasteiger partial charge in [0.2, 0.25) is 0 Å². The summed E-state index contributed by atoms with van der Waals surface area (Å²) in [6, 6.07) is 11.7. The van der Waals surface area contributed by atoms with Crippen LogP contribution in [-0.4, -0.2) is 85.8 Å². The highest BCUT2D eigenvalue weighted by atomic mass is 19.1. The number of hydroxylamine groups is 1. The molecule has 3 saturated heterocycles. The van der Waals surface area contributed by atoms with Crippen molar-refractivity contribution in [3.63, 3.8) is 0 Å². The molecule has 1 N–H and O–H groups in total.